The van der Waals surface area contributed by atoms with E-state index in [4.69, 9.17) is 14.3 Å². The van der Waals surface area contributed by atoms with Crippen LogP contribution in [0.15, 0.2) is 39.4 Å². The third-order valence-electron chi connectivity index (χ3n) is 4.19. The van der Waals surface area contributed by atoms with E-state index in [9.17, 15) is 18.0 Å². The molecule has 2 heterocycles. The van der Waals surface area contributed by atoms with Crippen molar-refractivity contribution < 1.29 is 32.3 Å². The Morgan fingerprint density at radius 1 is 1.24 bits per heavy atom. The lowest BCUT2D eigenvalue weighted by molar-refractivity contribution is -0.192. The number of nitrogens with one attached hydrogen (secondary N) is 1. The highest BCUT2D eigenvalue weighted by atomic mass is 79.9. The van der Waals surface area contributed by atoms with Gasteiger partial charge in [-0.15, -0.1) is 0 Å². The summed E-state index contributed by atoms with van der Waals surface area (Å²) in [5.74, 6) is -1.94. The van der Waals surface area contributed by atoms with Gasteiger partial charge in [0.25, 0.3) is 5.91 Å². The Bertz CT molecular complexity index is 834. The van der Waals surface area contributed by atoms with Crippen LogP contribution in [0.3, 0.4) is 0 Å². The number of rotatable bonds is 3. The summed E-state index contributed by atoms with van der Waals surface area (Å²) in [7, 11) is 1.74. The van der Waals surface area contributed by atoms with Crippen molar-refractivity contribution in [2.75, 3.05) is 25.0 Å². The Labute approximate surface area is 173 Å². The molecule has 29 heavy (non-hydrogen) atoms. The van der Waals surface area contributed by atoms with Crippen molar-refractivity contribution in [3.05, 3.63) is 46.6 Å². The van der Waals surface area contributed by atoms with Crippen LogP contribution < -0.4 is 10.2 Å². The van der Waals surface area contributed by atoms with E-state index in [0.717, 1.165) is 36.1 Å². The minimum Gasteiger partial charge on any atom is -0.475 e. The lowest BCUT2D eigenvalue weighted by Gasteiger charge is -2.19. The van der Waals surface area contributed by atoms with Crippen LogP contribution in [0.4, 0.5) is 18.9 Å². The number of anilines is 1. The number of oxazole rings is 1. The molecule has 3 rings (SSSR count). The van der Waals surface area contributed by atoms with Crippen molar-refractivity contribution in [2.24, 2.45) is 0 Å². The molecule has 0 aliphatic carbocycles. The zero-order chi connectivity index (χ0) is 21.6. The molecular formula is C18H19BrF3N3O4. The van der Waals surface area contributed by atoms with Gasteiger partial charge in [0.05, 0.1) is 0 Å². The third-order valence-corrected chi connectivity index (χ3v) is 4.72. The number of aliphatic carboxylic acids is 1. The molecule has 1 fully saturated rings. The molecule has 0 radical (unpaired) electrons. The van der Waals surface area contributed by atoms with Gasteiger partial charge in [-0.1, -0.05) is 15.9 Å². The van der Waals surface area contributed by atoms with Crippen LogP contribution >= 0.6 is 15.9 Å². The summed E-state index contributed by atoms with van der Waals surface area (Å²) >= 11 is 3.39. The van der Waals surface area contributed by atoms with Crippen molar-refractivity contribution in [3.63, 3.8) is 0 Å². The third kappa shape index (κ3) is 6.57. The Kier molecular flexibility index (Phi) is 7.80. The molecule has 1 aliphatic heterocycles. The molecular weight excluding hydrogens is 459 g/mol. The van der Waals surface area contributed by atoms with Crippen molar-refractivity contribution in [1.82, 2.24) is 10.3 Å². The number of alkyl halides is 3. The molecule has 2 N–H and O–H groups in total. The number of carbonyl (C=O) groups is 2. The minimum atomic E-state index is -5.08. The molecule has 1 aromatic carbocycles. The maximum atomic E-state index is 12.5. The molecule has 1 amide bonds. The van der Waals surface area contributed by atoms with E-state index in [1.54, 1.807) is 11.9 Å². The van der Waals surface area contributed by atoms with Gasteiger partial charge >= 0.3 is 12.1 Å². The molecule has 158 valence electrons. The number of aromatic nitrogens is 1. The van der Waals surface area contributed by atoms with Gasteiger partial charge in [0.15, 0.2) is 11.6 Å². The number of amides is 1. The van der Waals surface area contributed by atoms with E-state index in [1.807, 2.05) is 24.3 Å². The topological polar surface area (TPSA) is 95.7 Å². The zero-order valence-corrected chi connectivity index (χ0v) is 17.0. The summed E-state index contributed by atoms with van der Waals surface area (Å²) in [5, 5.41) is 10.4. The number of carboxylic acid groups (broad SMARTS) is 1. The smallest absolute Gasteiger partial charge is 0.475 e. The first-order valence-electron chi connectivity index (χ1n) is 8.59. The summed E-state index contributed by atoms with van der Waals surface area (Å²) in [6.45, 7) is 1.93. The summed E-state index contributed by atoms with van der Waals surface area (Å²) in [5.41, 5.74) is 1.18. The largest absolute Gasteiger partial charge is 0.490 e. The first-order chi connectivity index (χ1) is 13.6. The lowest BCUT2D eigenvalue weighted by Crippen LogP contribution is -2.28. The highest BCUT2D eigenvalue weighted by Crippen LogP contribution is 2.25. The predicted molar refractivity (Wildman–Crippen MR) is 102 cm³/mol. The normalized spacial score (nSPS) is 14.7. The standard InChI is InChI=1S/C16H18BrN3O2.C2HF3O2/c1-20(13-4-2-12(17)3-5-13)16(21)14-10-22-15(19-14)11-6-8-18-9-7-11;3-2(4,5)1(6)7/h2-5,10-11,18H,6-9H2,1H3;(H,6,7). The van der Waals surface area contributed by atoms with Crippen molar-refractivity contribution in [2.45, 2.75) is 24.9 Å². The van der Waals surface area contributed by atoms with Crippen LogP contribution in [0.25, 0.3) is 0 Å². The SMILES string of the molecule is CN(C(=O)c1coc(C2CCNCC2)n1)c1ccc(Br)cc1.O=C(O)C(F)(F)F. The first-order valence-corrected chi connectivity index (χ1v) is 9.38. The predicted octanol–water partition coefficient (Wildman–Crippen LogP) is 3.81. The van der Waals surface area contributed by atoms with Crippen LogP contribution in [-0.2, 0) is 4.79 Å². The van der Waals surface area contributed by atoms with Crippen molar-refractivity contribution >= 4 is 33.5 Å². The average molecular weight is 478 g/mol. The molecule has 1 aromatic heterocycles. The van der Waals surface area contributed by atoms with E-state index in [2.05, 4.69) is 26.2 Å². The quantitative estimate of drug-likeness (QED) is 0.697. The number of halogens is 4. The molecule has 0 spiro atoms. The maximum absolute atomic E-state index is 12.5. The Morgan fingerprint density at radius 2 is 1.79 bits per heavy atom. The van der Waals surface area contributed by atoms with E-state index in [0.29, 0.717) is 17.5 Å². The Hall–Kier alpha value is -2.40. The summed E-state index contributed by atoms with van der Waals surface area (Å²) in [6.07, 6.45) is -1.62. The number of benzene rings is 1. The van der Waals surface area contributed by atoms with E-state index >= 15 is 0 Å². The van der Waals surface area contributed by atoms with E-state index in [1.165, 1.54) is 6.26 Å². The van der Waals surface area contributed by atoms with E-state index in [-0.39, 0.29) is 5.91 Å². The van der Waals surface area contributed by atoms with Gasteiger partial charge in [-0.3, -0.25) is 4.79 Å². The van der Waals surface area contributed by atoms with Gasteiger partial charge in [0, 0.05) is 23.1 Å². The van der Waals surface area contributed by atoms with Crippen LogP contribution in [0.2, 0.25) is 0 Å². The van der Waals surface area contributed by atoms with Crippen LogP contribution in [0, 0.1) is 0 Å². The summed E-state index contributed by atoms with van der Waals surface area (Å²) in [4.78, 5) is 27.4. The van der Waals surface area contributed by atoms with Gasteiger partial charge in [0.1, 0.15) is 6.26 Å². The molecule has 0 unspecified atom stereocenters. The van der Waals surface area contributed by atoms with Gasteiger partial charge in [-0.05, 0) is 50.2 Å². The number of hydrogen-bond donors (Lipinski definition) is 2. The molecule has 0 bridgehead atoms. The van der Waals surface area contributed by atoms with Crippen LogP contribution in [0.1, 0.15) is 35.1 Å². The average Bonchev–Trinajstić information content (AvgIpc) is 3.18. The molecule has 1 saturated heterocycles. The zero-order valence-electron chi connectivity index (χ0n) is 15.4. The number of carbonyl (C=O) groups excluding carboxylic acids is 1. The van der Waals surface area contributed by atoms with Gasteiger partial charge < -0.3 is 19.7 Å². The molecule has 1 aliphatic rings. The van der Waals surface area contributed by atoms with Crippen molar-refractivity contribution in [1.29, 1.82) is 0 Å². The fourth-order valence-electron chi connectivity index (χ4n) is 2.60. The monoisotopic (exact) mass is 477 g/mol. The van der Waals surface area contributed by atoms with E-state index < -0.39 is 12.1 Å². The van der Waals surface area contributed by atoms with Gasteiger partial charge in [0.2, 0.25) is 0 Å². The highest BCUT2D eigenvalue weighted by molar-refractivity contribution is 9.10. The second-order valence-electron chi connectivity index (χ2n) is 6.24. The lowest BCUT2D eigenvalue weighted by atomic mass is 9.98. The fraction of sp³-hybridized carbons (Fsp3) is 0.389. The number of piperidine rings is 1. The molecule has 0 atom stereocenters. The van der Waals surface area contributed by atoms with Crippen molar-refractivity contribution in [3.8, 4) is 0 Å². The van der Waals surface area contributed by atoms with Gasteiger partial charge in [-0.25, -0.2) is 9.78 Å². The first kappa shape index (κ1) is 22.9. The minimum absolute atomic E-state index is 0.161. The van der Waals surface area contributed by atoms with Crippen LogP contribution in [-0.4, -0.2) is 48.3 Å². The molecule has 2 aromatic rings. The second-order valence-corrected chi connectivity index (χ2v) is 7.15. The molecule has 11 heteroatoms. The van der Waals surface area contributed by atoms with Crippen LogP contribution in [0.5, 0.6) is 0 Å². The molecule has 0 saturated carbocycles. The number of carboxylic acids is 1. The summed E-state index contributed by atoms with van der Waals surface area (Å²) in [6, 6.07) is 7.58. The summed E-state index contributed by atoms with van der Waals surface area (Å²) < 4.78 is 38.3. The Morgan fingerprint density at radius 3 is 2.31 bits per heavy atom. The Balaban J connectivity index is 0.000000370. The number of hydrogen-bond acceptors (Lipinski definition) is 5. The second kappa shape index (κ2) is 9.88. The maximum Gasteiger partial charge on any atom is 0.490 e. The fourth-order valence-corrected chi connectivity index (χ4v) is 2.86. The highest BCUT2D eigenvalue weighted by Gasteiger charge is 2.38. The van der Waals surface area contributed by atoms with Gasteiger partial charge in [-0.2, -0.15) is 13.2 Å². The molecule has 7 nitrogen and oxygen atoms in total. The number of nitrogens with zero attached hydrogens (tertiary/aromatic N) is 2.